The van der Waals surface area contributed by atoms with Crippen molar-refractivity contribution in [3.8, 4) is 0 Å². The summed E-state index contributed by atoms with van der Waals surface area (Å²) in [7, 11) is 0. The van der Waals surface area contributed by atoms with Crippen molar-refractivity contribution in [2.24, 2.45) is 5.73 Å². The van der Waals surface area contributed by atoms with E-state index in [-0.39, 0.29) is 0 Å². The maximum absolute atomic E-state index is 5.01. The van der Waals surface area contributed by atoms with E-state index in [0.29, 0.717) is 0 Å². The van der Waals surface area contributed by atoms with Gasteiger partial charge in [0.25, 0.3) is 0 Å². The zero-order valence-electron chi connectivity index (χ0n) is 3.85. The Morgan fingerprint density at radius 1 is 1.67 bits per heavy atom. The van der Waals surface area contributed by atoms with E-state index in [1.165, 1.54) is 0 Å². The van der Waals surface area contributed by atoms with E-state index < -0.39 is 0 Å². The van der Waals surface area contributed by atoms with Crippen LogP contribution < -0.4 is 5.73 Å². The molecule has 0 aromatic carbocycles. The maximum Gasteiger partial charge on any atom is -0.0103 e. The quantitative estimate of drug-likeness (QED) is 0.532. The van der Waals surface area contributed by atoms with Gasteiger partial charge in [0.05, 0.1) is 0 Å². The molecule has 0 aromatic rings. The van der Waals surface area contributed by atoms with Gasteiger partial charge in [-0.15, -0.1) is 0 Å². The van der Waals surface area contributed by atoms with Gasteiger partial charge in [0.2, 0.25) is 0 Å². The van der Waals surface area contributed by atoms with Crippen LogP contribution >= 0.6 is 0 Å². The van der Waals surface area contributed by atoms with Gasteiger partial charge in [-0.2, -0.15) is 0 Å². The van der Waals surface area contributed by atoms with Gasteiger partial charge in [-0.25, -0.2) is 0 Å². The van der Waals surface area contributed by atoms with Crippen molar-refractivity contribution in [3.63, 3.8) is 0 Å². The van der Waals surface area contributed by atoms with Gasteiger partial charge >= 0.3 is 0 Å². The summed E-state index contributed by atoms with van der Waals surface area (Å²) in [5.41, 5.74) is 5.01. The first kappa shape index (κ1) is 5.54. The number of allylic oxidation sites excluding steroid dienone is 1. The monoisotopic (exact) mass is 84.1 g/mol. The third-order valence-corrected chi connectivity index (χ3v) is 0.507. The Morgan fingerprint density at radius 3 is 2.50 bits per heavy atom. The summed E-state index contributed by atoms with van der Waals surface area (Å²) in [5.74, 6) is 0. The highest BCUT2D eigenvalue weighted by atomic mass is 14.5. The molecular weight excluding hydrogens is 74.1 g/mol. The fourth-order valence-corrected chi connectivity index (χ4v) is 0.214. The standard InChI is InChI=1S/C5H10N/c1-2-3-4-5-6/h4-5H,1-3,6H2/b5-4+. The third-order valence-electron chi connectivity index (χ3n) is 0.507. The summed E-state index contributed by atoms with van der Waals surface area (Å²) >= 11 is 0. The van der Waals surface area contributed by atoms with Gasteiger partial charge in [0.1, 0.15) is 0 Å². The molecule has 0 saturated carbocycles. The molecule has 0 saturated heterocycles. The molecule has 2 N–H and O–H groups in total. The fraction of sp³-hybridized carbons (Fsp3) is 0.400. The molecule has 0 aliphatic carbocycles. The number of nitrogens with two attached hydrogens (primary N) is 1. The minimum absolute atomic E-state index is 0.938. The van der Waals surface area contributed by atoms with E-state index in [2.05, 4.69) is 6.92 Å². The molecular formula is C5H10N. The average Bonchev–Trinajstić information content (AvgIpc) is 1.61. The van der Waals surface area contributed by atoms with E-state index in [4.69, 9.17) is 5.73 Å². The number of hydrogen-bond donors (Lipinski definition) is 1. The molecule has 35 valence electrons. The Morgan fingerprint density at radius 2 is 2.33 bits per heavy atom. The van der Waals surface area contributed by atoms with Crippen LogP contribution in [0.25, 0.3) is 0 Å². The van der Waals surface area contributed by atoms with Crippen LogP contribution in [-0.2, 0) is 0 Å². The SMILES string of the molecule is [CH2]CC/C=C/N. The number of hydrogen-bond acceptors (Lipinski definition) is 1. The second kappa shape index (κ2) is 4.54. The van der Waals surface area contributed by atoms with Crippen LogP contribution in [0.4, 0.5) is 0 Å². The molecule has 1 nitrogen and oxygen atoms in total. The highest BCUT2D eigenvalue weighted by molar-refractivity contribution is 4.74. The Labute approximate surface area is 38.8 Å². The van der Waals surface area contributed by atoms with Crippen LogP contribution in [0.5, 0.6) is 0 Å². The summed E-state index contributed by atoms with van der Waals surface area (Å²) in [6, 6.07) is 0. The van der Waals surface area contributed by atoms with Crippen molar-refractivity contribution in [1.29, 1.82) is 0 Å². The third kappa shape index (κ3) is 3.54. The minimum atomic E-state index is 0.938. The van der Waals surface area contributed by atoms with E-state index in [1.54, 1.807) is 6.20 Å². The predicted molar refractivity (Wildman–Crippen MR) is 27.9 cm³/mol. The first-order chi connectivity index (χ1) is 2.91. The van der Waals surface area contributed by atoms with Gasteiger partial charge in [-0.1, -0.05) is 13.0 Å². The smallest absolute Gasteiger partial charge is 0.0103 e. The lowest BCUT2D eigenvalue weighted by Crippen LogP contribution is -1.74. The van der Waals surface area contributed by atoms with Crippen molar-refractivity contribution < 1.29 is 0 Å². The molecule has 0 rings (SSSR count). The van der Waals surface area contributed by atoms with Crippen molar-refractivity contribution in [2.75, 3.05) is 0 Å². The predicted octanol–water partition coefficient (Wildman–Crippen LogP) is 1.07. The van der Waals surface area contributed by atoms with Crippen LogP contribution in [0, 0.1) is 6.92 Å². The van der Waals surface area contributed by atoms with E-state index in [1.807, 2.05) is 6.08 Å². The van der Waals surface area contributed by atoms with E-state index in [0.717, 1.165) is 12.8 Å². The lowest BCUT2D eigenvalue weighted by Gasteiger charge is -1.76. The first-order valence-corrected chi connectivity index (χ1v) is 2.07. The van der Waals surface area contributed by atoms with Crippen LogP contribution in [0.1, 0.15) is 12.8 Å². The molecule has 0 aliphatic rings. The molecule has 1 radical (unpaired) electrons. The summed E-state index contributed by atoms with van der Waals surface area (Å²) in [6.07, 6.45) is 5.38. The molecule has 0 spiro atoms. The Hall–Kier alpha value is -0.460. The minimum Gasteiger partial charge on any atom is -0.405 e. The molecule has 0 amide bonds. The lowest BCUT2D eigenvalue weighted by atomic mass is 10.3. The van der Waals surface area contributed by atoms with Gasteiger partial charge in [-0.05, 0) is 19.0 Å². The van der Waals surface area contributed by atoms with Crippen molar-refractivity contribution in [3.05, 3.63) is 19.2 Å². The molecule has 6 heavy (non-hydrogen) atoms. The second-order valence-electron chi connectivity index (χ2n) is 1.07. The lowest BCUT2D eigenvalue weighted by molar-refractivity contribution is 1.05. The summed E-state index contributed by atoms with van der Waals surface area (Å²) in [5, 5.41) is 0. The van der Waals surface area contributed by atoms with Crippen molar-refractivity contribution in [1.82, 2.24) is 0 Å². The Kier molecular flexibility index (Phi) is 4.19. The van der Waals surface area contributed by atoms with Gasteiger partial charge < -0.3 is 5.73 Å². The average molecular weight is 84.1 g/mol. The zero-order valence-corrected chi connectivity index (χ0v) is 3.85. The van der Waals surface area contributed by atoms with Crippen LogP contribution in [0.15, 0.2) is 12.3 Å². The van der Waals surface area contributed by atoms with Crippen molar-refractivity contribution in [2.45, 2.75) is 12.8 Å². The first-order valence-electron chi connectivity index (χ1n) is 2.07. The highest BCUT2D eigenvalue weighted by Crippen LogP contribution is 1.83. The largest absolute Gasteiger partial charge is 0.405 e. The maximum atomic E-state index is 5.01. The highest BCUT2D eigenvalue weighted by Gasteiger charge is 1.65. The molecule has 0 fully saturated rings. The summed E-state index contributed by atoms with van der Waals surface area (Å²) < 4.78 is 0. The fourth-order valence-electron chi connectivity index (χ4n) is 0.214. The van der Waals surface area contributed by atoms with Gasteiger partial charge in [-0.3, -0.25) is 0 Å². The van der Waals surface area contributed by atoms with Gasteiger partial charge in [0.15, 0.2) is 0 Å². The Bertz CT molecular complexity index is 39.2. The van der Waals surface area contributed by atoms with E-state index >= 15 is 0 Å². The van der Waals surface area contributed by atoms with E-state index in [9.17, 15) is 0 Å². The summed E-state index contributed by atoms with van der Waals surface area (Å²) in [4.78, 5) is 0. The zero-order chi connectivity index (χ0) is 4.83. The molecule has 1 heteroatoms. The molecule has 0 aromatic heterocycles. The van der Waals surface area contributed by atoms with Crippen molar-refractivity contribution >= 4 is 0 Å². The normalized spacial score (nSPS) is 10.2. The molecule has 0 heterocycles. The molecule has 0 atom stereocenters. The van der Waals surface area contributed by atoms with Crippen LogP contribution in [0.2, 0.25) is 0 Å². The number of rotatable bonds is 2. The molecule has 0 bridgehead atoms. The van der Waals surface area contributed by atoms with Crippen LogP contribution in [-0.4, -0.2) is 0 Å². The van der Waals surface area contributed by atoms with Gasteiger partial charge in [0, 0.05) is 0 Å². The Balaban J connectivity index is 2.66. The number of unbranched alkanes of at least 4 members (excludes halogenated alkanes) is 1. The molecule has 0 aliphatic heterocycles. The van der Waals surface area contributed by atoms with Crippen LogP contribution in [0.3, 0.4) is 0 Å². The molecule has 0 unspecified atom stereocenters. The second-order valence-corrected chi connectivity index (χ2v) is 1.07. The summed E-state index contributed by atoms with van der Waals surface area (Å²) in [6.45, 7) is 3.62. The topological polar surface area (TPSA) is 26.0 Å².